The van der Waals surface area contributed by atoms with Crippen molar-refractivity contribution in [1.29, 1.82) is 0 Å². The Morgan fingerprint density at radius 2 is 1.58 bits per heavy atom. The summed E-state index contributed by atoms with van der Waals surface area (Å²) in [6.07, 6.45) is -4.45. The van der Waals surface area contributed by atoms with Crippen molar-refractivity contribution in [3.05, 3.63) is 53.1 Å². The molecule has 19 heavy (non-hydrogen) atoms. The van der Waals surface area contributed by atoms with E-state index in [1.165, 1.54) is 6.07 Å². The van der Waals surface area contributed by atoms with Crippen molar-refractivity contribution < 1.29 is 18.3 Å². The van der Waals surface area contributed by atoms with Crippen molar-refractivity contribution in [3.63, 3.8) is 0 Å². The van der Waals surface area contributed by atoms with Gasteiger partial charge in [0.2, 0.25) is 0 Å². The molecule has 0 spiro atoms. The molecule has 0 bridgehead atoms. The number of aromatic hydroxyl groups is 1. The second-order valence-electron chi connectivity index (χ2n) is 4.53. The fourth-order valence-corrected chi connectivity index (χ4v) is 1.86. The Morgan fingerprint density at radius 3 is 2.11 bits per heavy atom. The predicted octanol–water partition coefficient (Wildman–Crippen LogP) is 4.69. The van der Waals surface area contributed by atoms with Gasteiger partial charge >= 0.3 is 6.18 Å². The van der Waals surface area contributed by atoms with Gasteiger partial charge in [-0.3, -0.25) is 0 Å². The molecule has 0 aliphatic carbocycles. The molecular weight excluding hydrogens is 253 g/mol. The average Bonchev–Trinajstić information content (AvgIpc) is 2.31. The summed E-state index contributed by atoms with van der Waals surface area (Å²) in [6, 6.07) is 8.53. The normalized spacial score (nSPS) is 11.6. The summed E-state index contributed by atoms with van der Waals surface area (Å²) in [7, 11) is 0. The van der Waals surface area contributed by atoms with E-state index in [9.17, 15) is 18.3 Å². The number of rotatable bonds is 1. The minimum atomic E-state index is -4.45. The fraction of sp³-hybridized carbons (Fsp3) is 0.200. The molecule has 0 aromatic heterocycles. The smallest absolute Gasteiger partial charge is 0.416 e. The largest absolute Gasteiger partial charge is 0.507 e. The van der Waals surface area contributed by atoms with E-state index in [4.69, 9.17) is 0 Å². The fourth-order valence-electron chi connectivity index (χ4n) is 1.86. The molecule has 0 saturated carbocycles. The summed E-state index contributed by atoms with van der Waals surface area (Å²) in [5.74, 6) is -0.363. The number of aryl methyl sites for hydroxylation is 2. The van der Waals surface area contributed by atoms with E-state index in [1.807, 2.05) is 26.0 Å². The van der Waals surface area contributed by atoms with Crippen LogP contribution in [0.15, 0.2) is 36.4 Å². The molecule has 0 radical (unpaired) electrons. The Morgan fingerprint density at radius 1 is 0.895 bits per heavy atom. The minimum absolute atomic E-state index is 0.363. The molecule has 1 nitrogen and oxygen atoms in total. The Hall–Kier alpha value is -1.97. The molecule has 2 aromatic carbocycles. The summed E-state index contributed by atoms with van der Waals surface area (Å²) >= 11 is 0. The summed E-state index contributed by atoms with van der Waals surface area (Å²) < 4.78 is 37.5. The molecule has 0 aliphatic rings. The standard InChI is InChI=1S/C15H13F3O/c1-9-3-4-11(7-10(9)2)13-6-5-12(8-14(13)19)15(16,17)18/h3-8,19H,1-2H3. The number of hydrogen-bond donors (Lipinski definition) is 1. The quantitative estimate of drug-likeness (QED) is 0.793. The van der Waals surface area contributed by atoms with Gasteiger partial charge in [0.05, 0.1) is 5.56 Å². The van der Waals surface area contributed by atoms with Gasteiger partial charge in [-0.05, 0) is 42.7 Å². The highest BCUT2D eigenvalue weighted by Crippen LogP contribution is 2.36. The molecule has 100 valence electrons. The summed E-state index contributed by atoms with van der Waals surface area (Å²) in [5, 5.41) is 9.77. The van der Waals surface area contributed by atoms with Gasteiger partial charge < -0.3 is 5.11 Å². The van der Waals surface area contributed by atoms with Crippen LogP contribution in [0.1, 0.15) is 16.7 Å². The zero-order chi connectivity index (χ0) is 14.2. The summed E-state index contributed by atoms with van der Waals surface area (Å²) in [6.45, 7) is 3.87. The number of phenolic OH excluding ortho intramolecular Hbond substituents is 1. The van der Waals surface area contributed by atoms with E-state index in [0.717, 1.165) is 23.3 Å². The van der Waals surface area contributed by atoms with Gasteiger partial charge in [0.15, 0.2) is 0 Å². The van der Waals surface area contributed by atoms with Gasteiger partial charge in [-0.2, -0.15) is 13.2 Å². The van der Waals surface area contributed by atoms with Crippen molar-refractivity contribution in [3.8, 4) is 16.9 Å². The van der Waals surface area contributed by atoms with Crippen molar-refractivity contribution in [1.82, 2.24) is 0 Å². The first-order valence-electron chi connectivity index (χ1n) is 5.77. The molecule has 4 heteroatoms. The maximum absolute atomic E-state index is 12.5. The SMILES string of the molecule is Cc1ccc(-c2ccc(C(F)(F)F)cc2O)cc1C. The van der Waals surface area contributed by atoms with Crippen LogP contribution in [0, 0.1) is 13.8 Å². The van der Waals surface area contributed by atoms with E-state index >= 15 is 0 Å². The topological polar surface area (TPSA) is 20.2 Å². The summed E-state index contributed by atoms with van der Waals surface area (Å²) in [5.41, 5.74) is 2.37. The third-order valence-corrected chi connectivity index (χ3v) is 3.14. The highest BCUT2D eigenvalue weighted by atomic mass is 19.4. The molecular formula is C15H13F3O. The number of benzene rings is 2. The first kappa shape index (κ1) is 13.5. The van der Waals surface area contributed by atoms with Crippen LogP contribution in [0.25, 0.3) is 11.1 Å². The second kappa shape index (κ2) is 4.61. The molecule has 0 amide bonds. The number of halogens is 3. The van der Waals surface area contributed by atoms with Crippen molar-refractivity contribution in [2.24, 2.45) is 0 Å². The minimum Gasteiger partial charge on any atom is -0.507 e. The third-order valence-electron chi connectivity index (χ3n) is 3.14. The predicted molar refractivity (Wildman–Crippen MR) is 68.0 cm³/mol. The van der Waals surface area contributed by atoms with Crippen LogP contribution in [0.3, 0.4) is 0 Å². The molecule has 0 saturated heterocycles. The Balaban J connectivity index is 2.49. The molecule has 1 N–H and O–H groups in total. The van der Waals surface area contributed by atoms with Crippen LogP contribution in [0.4, 0.5) is 13.2 Å². The maximum Gasteiger partial charge on any atom is 0.416 e. The molecule has 2 rings (SSSR count). The first-order valence-corrected chi connectivity index (χ1v) is 5.77. The van der Waals surface area contributed by atoms with Crippen LogP contribution >= 0.6 is 0 Å². The highest BCUT2D eigenvalue weighted by Gasteiger charge is 2.31. The second-order valence-corrected chi connectivity index (χ2v) is 4.53. The van der Waals surface area contributed by atoms with Crippen molar-refractivity contribution in [2.75, 3.05) is 0 Å². The zero-order valence-electron chi connectivity index (χ0n) is 10.5. The van der Waals surface area contributed by atoms with Gasteiger partial charge in [0.1, 0.15) is 5.75 Å². The Kier molecular flexibility index (Phi) is 3.27. The Labute approximate surface area is 109 Å². The van der Waals surface area contributed by atoms with E-state index in [1.54, 1.807) is 6.07 Å². The van der Waals surface area contributed by atoms with Gasteiger partial charge in [0.25, 0.3) is 0 Å². The van der Waals surface area contributed by atoms with E-state index in [-0.39, 0.29) is 5.75 Å². The zero-order valence-corrected chi connectivity index (χ0v) is 10.5. The van der Waals surface area contributed by atoms with Crippen LogP contribution < -0.4 is 0 Å². The lowest BCUT2D eigenvalue weighted by Crippen LogP contribution is -2.04. The van der Waals surface area contributed by atoms with E-state index in [2.05, 4.69) is 0 Å². The van der Waals surface area contributed by atoms with Crippen molar-refractivity contribution in [2.45, 2.75) is 20.0 Å². The van der Waals surface area contributed by atoms with Crippen LogP contribution in [0.5, 0.6) is 5.75 Å². The van der Waals surface area contributed by atoms with Crippen LogP contribution in [0.2, 0.25) is 0 Å². The van der Waals surface area contributed by atoms with Crippen molar-refractivity contribution >= 4 is 0 Å². The Bertz CT molecular complexity index is 615. The van der Waals surface area contributed by atoms with E-state index < -0.39 is 11.7 Å². The average molecular weight is 266 g/mol. The van der Waals surface area contributed by atoms with Gasteiger partial charge in [-0.25, -0.2) is 0 Å². The van der Waals surface area contributed by atoms with Gasteiger partial charge in [-0.15, -0.1) is 0 Å². The van der Waals surface area contributed by atoms with Gasteiger partial charge in [0, 0.05) is 5.56 Å². The third kappa shape index (κ3) is 2.72. The maximum atomic E-state index is 12.5. The number of hydrogen-bond acceptors (Lipinski definition) is 1. The molecule has 0 unspecified atom stereocenters. The van der Waals surface area contributed by atoms with Crippen LogP contribution in [-0.2, 0) is 6.18 Å². The van der Waals surface area contributed by atoms with Gasteiger partial charge in [-0.1, -0.05) is 24.3 Å². The number of alkyl halides is 3. The van der Waals surface area contributed by atoms with E-state index in [0.29, 0.717) is 11.1 Å². The molecule has 2 aromatic rings. The lowest BCUT2D eigenvalue weighted by atomic mass is 9.98. The lowest BCUT2D eigenvalue weighted by Gasteiger charge is -2.11. The lowest BCUT2D eigenvalue weighted by molar-refractivity contribution is -0.137. The number of phenols is 1. The first-order chi connectivity index (χ1) is 8.79. The molecule has 0 atom stereocenters. The summed E-state index contributed by atoms with van der Waals surface area (Å²) in [4.78, 5) is 0. The molecule has 0 heterocycles. The highest BCUT2D eigenvalue weighted by molar-refractivity contribution is 5.71. The van der Waals surface area contributed by atoms with Crippen LogP contribution in [-0.4, -0.2) is 5.11 Å². The monoisotopic (exact) mass is 266 g/mol. The molecule has 0 aliphatic heterocycles. The molecule has 0 fully saturated rings.